The monoisotopic (exact) mass is 708 g/mol. The Balaban J connectivity index is 0.00000520. The third kappa shape index (κ3) is 9.63. The van der Waals surface area contributed by atoms with Gasteiger partial charge in [0.1, 0.15) is 11.6 Å². The Morgan fingerprint density at radius 3 is 2.29 bits per heavy atom. The Bertz CT molecular complexity index is 1710. The Labute approximate surface area is 295 Å². The molecule has 5 rings (SSSR count). The van der Waals surface area contributed by atoms with Gasteiger partial charge >= 0.3 is 22.6 Å². The van der Waals surface area contributed by atoms with E-state index < -0.39 is 29.7 Å². The summed E-state index contributed by atoms with van der Waals surface area (Å²) in [6.07, 6.45) is 0.801. The van der Waals surface area contributed by atoms with Gasteiger partial charge in [-0.2, -0.15) is 11.3 Å². The van der Waals surface area contributed by atoms with Gasteiger partial charge < -0.3 is 25.1 Å². The first-order valence-corrected chi connectivity index (χ1v) is 16.5. The largest absolute Gasteiger partial charge is 2.00 e. The molecule has 0 unspecified atom stereocenters. The topological polar surface area (TPSA) is 129 Å². The Hall–Kier alpha value is -4.31. The summed E-state index contributed by atoms with van der Waals surface area (Å²) < 4.78 is 5.46. The molecule has 1 fully saturated rings. The average Bonchev–Trinajstić information content (AvgIpc) is 3.74. The number of hydrogen-bond donors (Lipinski definition) is 1. The number of benzene rings is 3. The van der Waals surface area contributed by atoms with E-state index in [1.165, 1.54) is 11.3 Å². The third-order valence-electron chi connectivity index (χ3n) is 7.71. The number of alkyl carbamates (subject to hydrolysis) is 1. The van der Waals surface area contributed by atoms with Gasteiger partial charge in [-0.25, -0.2) is 4.79 Å². The molecule has 252 valence electrons. The van der Waals surface area contributed by atoms with Crippen LogP contribution in [0.4, 0.5) is 10.5 Å². The molecule has 1 N–H and O–H groups in total. The molecule has 3 atom stereocenters. The third-order valence-corrected chi connectivity index (χ3v) is 8.42. The number of amides is 1. The molecule has 0 bridgehead atoms. The fourth-order valence-corrected chi connectivity index (χ4v) is 6.30. The number of nitrogens with zero attached hydrogens (tertiary/aromatic N) is 3. The van der Waals surface area contributed by atoms with Gasteiger partial charge in [-0.1, -0.05) is 78.9 Å². The minimum Gasteiger partial charge on any atom is -0.861 e. The van der Waals surface area contributed by atoms with E-state index in [0.717, 1.165) is 18.5 Å². The van der Waals surface area contributed by atoms with Crippen molar-refractivity contribution in [3.8, 4) is 0 Å². The molecular weight excluding hydrogens is 671 g/mol. The van der Waals surface area contributed by atoms with E-state index in [1.54, 1.807) is 61.9 Å². The van der Waals surface area contributed by atoms with E-state index in [-0.39, 0.29) is 28.4 Å². The summed E-state index contributed by atoms with van der Waals surface area (Å²) in [5, 5.41) is 32.8. The van der Waals surface area contributed by atoms with Crippen LogP contribution in [0, 0.1) is 0 Å². The molecule has 0 radical (unpaired) electrons. The maximum atomic E-state index is 13.7. The number of carboxylic acid groups (broad SMARTS) is 1. The summed E-state index contributed by atoms with van der Waals surface area (Å²) in [4.78, 5) is 37.3. The first kappa shape index (κ1) is 36.5. The number of carbonyl (C=O) groups is 2. The van der Waals surface area contributed by atoms with Crippen molar-refractivity contribution in [1.82, 2.24) is 10.2 Å². The molecular formula is C37H38N4NiO5S. The van der Waals surface area contributed by atoms with Crippen LogP contribution < -0.4 is 15.5 Å². The number of carboxylic acids is 1. The van der Waals surface area contributed by atoms with Gasteiger partial charge in [0.05, 0.1) is 23.4 Å². The van der Waals surface area contributed by atoms with Crippen LogP contribution in [0.2, 0.25) is 0 Å². The minimum atomic E-state index is -1.55. The van der Waals surface area contributed by atoms with Gasteiger partial charge in [-0.3, -0.25) is 14.9 Å². The van der Waals surface area contributed by atoms with Gasteiger partial charge in [-0.15, -0.1) is 0 Å². The summed E-state index contributed by atoms with van der Waals surface area (Å²) in [6.45, 7) is 6.61. The summed E-state index contributed by atoms with van der Waals surface area (Å²) >= 11 is 1.36. The van der Waals surface area contributed by atoms with Crippen molar-refractivity contribution in [2.75, 3.05) is 6.54 Å². The van der Waals surface area contributed by atoms with Crippen molar-refractivity contribution in [3.63, 3.8) is 0 Å². The number of para-hydroxylation sites is 1. The van der Waals surface area contributed by atoms with Crippen molar-refractivity contribution in [3.05, 3.63) is 124 Å². The number of ether oxygens (including phenoxy) is 1. The van der Waals surface area contributed by atoms with Gasteiger partial charge in [0.15, 0.2) is 0 Å². The van der Waals surface area contributed by atoms with Crippen molar-refractivity contribution < 1.29 is 41.0 Å². The average molecular weight is 709 g/mol. The Kier molecular flexibility index (Phi) is 12.7. The zero-order valence-corrected chi connectivity index (χ0v) is 28.8. The van der Waals surface area contributed by atoms with Crippen molar-refractivity contribution in [1.29, 1.82) is 0 Å². The maximum absolute atomic E-state index is 13.7. The molecule has 1 aromatic heterocycles. The van der Waals surface area contributed by atoms with Gasteiger partial charge in [0, 0.05) is 23.7 Å². The van der Waals surface area contributed by atoms with Gasteiger partial charge in [0.2, 0.25) is 0 Å². The second-order valence-corrected chi connectivity index (χ2v) is 13.1. The van der Waals surface area contributed by atoms with Crippen LogP contribution in [0.15, 0.2) is 112 Å². The van der Waals surface area contributed by atoms with Crippen LogP contribution in [0.3, 0.4) is 0 Å². The van der Waals surface area contributed by atoms with E-state index >= 15 is 0 Å². The van der Waals surface area contributed by atoms with E-state index in [4.69, 9.17) is 9.73 Å². The second-order valence-electron chi connectivity index (χ2n) is 12.4. The summed E-state index contributed by atoms with van der Waals surface area (Å²) in [5.41, 5.74) is 2.62. The number of rotatable bonds is 11. The van der Waals surface area contributed by atoms with Gasteiger partial charge in [-0.05, 0) is 80.1 Å². The molecule has 0 aliphatic carbocycles. The van der Waals surface area contributed by atoms with E-state index in [2.05, 4.69) is 15.2 Å². The van der Waals surface area contributed by atoms with Crippen LogP contribution in [-0.4, -0.2) is 52.8 Å². The Morgan fingerprint density at radius 1 is 0.979 bits per heavy atom. The molecule has 3 aromatic carbocycles. The molecule has 1 aliphatic rings. The molecule has 1 aliphatic heterocycles. The number of carbonyl (C=O) groups excluding carboxylic acids is 2. The molecule has 2 heterocycles. The zero-order chi connectivity index (χ0) is 33.4. The van der Waals surface area contributed by atoms with Crippen LogP contribution in [0.1, 0.15) is 61.9 Å². The van der Waals surface area contributed by atoms with Crippen LogP contribution in [0.5, 0.6) is 0 Å². The maximum Gasteiger partial charge on any atom is 2.00 e. The normalized spacial score (nSPS) is 16.9. The van der Waals surface area contributed by atoms with Crippen molar-refractivity contribution in [2.24, 2.45) is 9.98 Å². The number of thiophene rings is 1. The second kappa shape index (κ2) is 16.7. The molecule has 0 saturated carbocycles. The van der Waals surface area contributed by atoms with E-state index in [0.29, 0.717) is 41.1 Å². The Morgan fingerprint density at radius 2 is 1.65 bits per heavy atom. The fraction of sp³-hybridized carbons (Fsp3) is 0.297. The number of aliphatic imine (C=N–C) groups is 2. The molecule has 48 heavy (non-hydrogen) atoms. The van der Waals surface area contributed by atoms with E-state index in [9.17, 15) is 19.8 Å². The quantitative estimate of drug-likeness (QED) is 0.132. The first-order valence-electron chi connectivity index (χ1n) is 15.6. The van der Waals surface area contributed by atoms with Crippen LogP contribution >= 0.6 is 11.3 Å². The number of likely N-dealkylation sites (tertiary alicyclic amines) is 1. The summed E-state index contributed by atoms with van der Waals surface area (Å²) in [6, 6.07) is 24.9. The number of hydrogen-bond acceptors (Lipinski definition) is 9. The minimum absolute atomic E-state index is 0. The predicted molar refractivity (Wildman–Crippen MR) is 181 cm³/mol. The van der Waals surface area contributed by atoms with Crippen molar-refractivity contribution in [2.45, 2.75) is 63.9 Å². The number of nitrogens with one attached hydrogen (secondary N) is 1. The van der Waals surface area contributed by atoms with Crippen LogP contribution in [-0.2, 0) is 32.6 Å². The number of aliphatic carboxylic acids is 1. The first-order chi connectivity index (χ1) is 22.6. The summed E-state index contributed by atoms with van der Waals surface area (Å²) in [5.74, 6) is -1.75. The summed E-state index contributed by atoms with van der Waals surface area (Å²) in [7, 11) is 0. The van der Waals surface area contributed by atoms with Crippen molar-refractivity contribution >= 4 is 40.7 Å². The van der Waals surface area contributed by atoms with Gasteiger partial charge in [0.25, 0.3) is 0 Å². The molecule has 1 amide bonds. The molecule has 0 spiro atoms. The predicted octanol–water partition coefficient (Wildman–Crippen LogP) is 5.02. The standard InChI is InChI=1S/C37H40N4O5S.Ni/c1-37(2,3)46-36(45)40-32(27-20-22-47-24-27)33(35(43)44)39-31(26-15-8-5-9-16-26)28-17-10-11-18-29(28)38-34(42)30-19-12-21-41(30)23-25-13-6-4-7-14-25;/h4-11,13-18,20,22,24,30,32-33H,12,19,21,23H2,1-3H3,(H,38,42)(H,40,45)(H,43,44);/q;+2/p-2/t30-,32+,33-;/m1./s1. The molecule has 9 nitrogen and oxygen atoms in total. The fourth-order valence-electron chi connectivity index (χ4n) is 5.61. The SMILES string of the molecule is CC(C)(C)OC(=O)N[C@@H](c1ccsc1)[C@@H](N=C(c1ccccc1)c1ccccc1N=C([O-])[C@H]1CCCN1Cc1ccccc1)C(=O)[O-].[Ni+2]. The molecule has 11 heteroatoms. The van der Waals surface area contributed by atoms with E-state index in [1.807, 2.05) is 60.7 Å². The van der Waals surface area contributed by atoms with Crippen LogP contribution in [0.25, 0.3) is 0 Å². The smallest absolute Gasteiger partial charge is 0.861 e. The molecule has 4 aromatic rings. The molecule has 1 saturated heterocycles. The zero-order valence-electron chi connectivity index (χ0n) is 27.0.